The monoisotopic (exact) mass is 357 g/mol. The van der Waals surface area contributed by atoms with Gasteiger partial charge in [0.2, 0.25) is 0 Å². The fourth-order valence-electron chi connectivity index (χ4n) is 2.96. The number of hydrogen-bond acceptors (Lipinski definition) is 4. The first-order valence-electron chi connectivity index (χ1n) is 8.62. The molecule has 1 aromatic heterocycles. The number of carbonyl (C=O) groups is 2. The van der Waals surface area contributed by atoms with Gasteiger partial charge in [0.25, 0.3) is 5.91 Å². The van der Waals surface area contributed by atoms with E-state index in [1.165, 1.54) is 21.8 Å². The second-order valence-electron chi connectivity index (χ2n) is 6.81. The average Bonchev–Trinajstić information content (AvgIpc) is 3.00. The number of hydrogen-bond donors (Lipinski definition) is 1. The zero-order valence-corrected chi connectivity index (χ0v) is 15.6. The number of carbonyl (C=O) groups excluding carboxylic acids is 2. The summed E-state index contributed by atoms with van der Waals surface area (Å²) < 4.78 is 5.36. The molecule has 0 fully saturated rings. The Kier molecular flexibility index (Phi) is 5.23. The predicted octanol–water partition coefficient (Wildman–Crippen LogP) is 4.37. The molecule has 0 unspecified atom stereocenters. The zero-order chi connectivity index (χ0) is 18.0. The van der Waals surface area contributed by atoms with Crippen LogP contribution in [-0.4, -0.2) is 18.0 Å². The molecule has 1 heterocycles. The number of fused-ring (bicyclic) bond motifs is 1. The number of esters is 1. The third-order valence-electron chi connectivity index (χ3n) is 4.50. The first kappa shape index (κ1) is 17.7. The molecule has 132 valence electrons. The molecule has 1 aromatic carbocycles. The summed E-state index contributed by atoms with van der Waals surface area (Å²) >= 11 is 1.50. The lowest BCUT2D eigenvalue weighted by atomic mass is 9.90. The fraction of sp³-hybridized carbons (Fsp3) is 0.400. The van der Waals surface area contributed by atoms with Crippen molar-refractivity contribution in [2.24, 2.45) is 5.92 Å². The van der Waals surface area contributed by atoms with Crippen molar-refractivity contribution in [2.75, 3.05) is 5.32 Å². The summed E-state index contributed by atoms with van der Waals surface area (Å²) in [6.07, 6.45) is 2.37. The van der Waals surface area contributed by atoms with Gasteiger partial charge in [-0.05, 0) is 62.8 Å². The predicted molar refractivity (Wildman–Crippen MR) is 100 cm³/mol. The summed E-state index contributed by atoms with van der Waals surface area (Å²) in [5, 5.41) is 2.77. The van der Waals surface area contributed by atoms with Crippen LogP contribution in [0, 0.1) is 12.8 Å². The minimum Gasteiger partial charge on any atom is -0.448 e. The van der Waals surface area contributed by atoms with Gasteiger partial charge in [-0.1, -0.05) is 24.6 Å². The molecule has 0 saturated heterocycles. The van der Waals surface area contributed by atoms with E-state index >= 15 is 0 Å². The summed E-state index contributed by atoms with van der Waals surface area (Å²) in [6, 6.07) is 9.43. The molecular formula is C20H23NO3S. The second-order valence-corrected chi connectivity index (χ2v) is 7.95. The van der Waals surface area contributed by atoms with E-state index in [2.05, 4.69) is 12.2 Å². The van der Waals surface area contributed by atoms with Gasteiger partial charge in [-0.15, -0.1) is 11.3 Å². The highest BCUT2D eigenvalue weighted by Crippen LogP contribution is 2.32. The van der Waals surface area contributed by atoms with Crippen LogP contribution in [0.25, 0.3) is 0 Å². The van der Waals surface area contributed by atoms with E-state index in [4.69, 9.17) is 4.74 Å². The molecule has 3 rings (SSSR count). The Morgan fingerprint density at radius 2 is 2.00 bits per heavy atom. The number of amides is 1. The van der Waals surface area contributed by atoms with E-state index in [0.29, 0.717) is 16.5 Å². The van der Waals surface area contributed by atoms with Gasteiger partial charge >= 0.3 is 5.97 Å². The summed E-state index contributed by atoms with van der Waals surface area (Å²) in [4.78, 5) is 26.5. The van der Waals surface area contributed by atoms with Crippen LogP contribution in [0.15, 0.2) is 30.3 Å². The number of anilines is 1. The minimum atomic E-state index is -0.841. The van der Waals surface area contributed by atoms with Gasteiger partial charge in [0.1, 0.15) is 4.88 Å². The van der Waals surface area contributed by atoms with Gasteiger partial charge in [-0.2, -0.15) is 0 Å². The van der Waals surface area contributed by atoms with Crippen LogP contribution >= 0.6 is 11.3 Å². The quantitative estimate of drug-likeness (QED) is 0.827. The second kappa shape index (κ2) is 7.40. The molecule has 0 saturated carbocycles. The summed E-state index contributed by atoms with van der Waals surface area (Å²) in [6.45, 7) is 5.81. The maximum Gasteiger partial charge on any atom is 0.349 e. The van der Waals surface area contributed by atoms with Crippen LogP contribution in [0.1, 0.15) is 45.9 Å². The van der Waals surface area contributed by atoms with Crippen LogP contribution in [0.4, 0.5) is 5.69 Å². The standard InChI is InChI=1S/C20H23NO3S/c1-12-4-7-16(8-5-12)21-19(22)14(3)24-20(23)18-11-15-10-13(2)6-9-17(15)25-18/h4-5,7-8,11,13-14H,6,9-10H2,1-3H3,(H,21,22)/t13-,14+/m1/s1. The number of ether oxygens (including phenoxy) is 1. The molecule has 25 heavy (non-hydrogen) atoms. The third-order valence-corrected chi connectivity index (χ3v) is 5.72. The molecule has 0 bridgehead atoms. The molecule has 5 heteroatoms. The van der Waals surface area contributed by atoms with Crippen molar-refractivity contribution in [3.05, 3.63) is 51.2 Å². The average molecular weight is 357 g/mol. The van der Waals surface area contributed by atoms with E-state index in [-0.39, 0.29) is 5.91 Å². The van der Waals surface area contributed by atoms with Crippen LogP contribution in [0.2, 0.25) is 0 Å². The van der Waals surface area contributed by atoms with Crippen LogP contribution < -0.4 is 5.32 Å². The lowest BCUT2D eigenvalue weighted by Crippen LogP contribution is -2.29. The number of nitrogens with one attached hydrogen (secondary N) is 1. The Balaban J connectivity index is 1.60. The van der Waals surface area contributed by atoms with E-state index in [1.54, 1.807) is 6.92 Å². The summed E-state index contributed by atoms with van der Waals surface area (Å²) in [7, 11) is 0. The smallest absolute Gasteiger partial charge is 0.349 e. The molecule has 1 aliphatic rings. The van der Waals surface area contributed by atoms with E-state index < -0.39 is 12.1 Å². The molecule has 2 aromatic rings. The number of rotatable bonds is 4. The van der Waals surface area contributed by atoms with Crippen LogP contribution in [0.3, 0.4) is 0 Å². The summed E-state index contributed by atoms with van der Waals surface area (Å²) in [5.41, 5.74) is 3.07. The largest absolute Gasteiger partial charge is 0.448 e. The van der Waals surface area contributed by atoms with Crippen LogP contribution in [0.5, 0.6) is 0 Å². The molecule has 0 spiro atoms. The molecule has 0 aliphatic heterocycles. The van der Waals surface area contributed by atoms with Crippen molar-refractivity contribution in [3.8, 4) is 0 Å². The zero-order valence-electron chi connectivity index (χ0n) is 14.8. The van der Waals surface area contributed by atoms with E-state index in [1.807, 2.05) is 37.3 Å². The Hall–Kier alpha value is -2.14. The van der Waals surface area contributed by atoms with Crippen LogP contribution in [-0.2, 0) is 22.4 Å². The van der Waals surface area contributed by atoms with Gasteiger partial charge in [-0.25, -0.2) is 4.79 Å². The lowest BCUT2D eigenvalue weighted by Gasteiger charge is -2.16. The maximum absolute atomic E-state index is 12.4. The van der Waals surface area contributed by atoms with E-state index in [9.17, 15) is 9.59 Å². The van der Waals surface area contributed by atoms with Gasteiger partial charge in [0, 0.05) is 10.6 Å². The molecule has 1 aliphatic carbocycles. The van der Waals surface area contributed by atoms with Gasteiger partial charge in [0.15, 0.2) is 6.10 Å². The molecule has 2 atom stereocenters. The highest BCUT2D eigenvalue weighted by Gasteiger charge is 2.24. The Bertz CT molecular complexity index is 779. The van der Waals surface area contributed by atoms with E-state index in [0.717, 1.165) is 24.8 Å². The van der Waals surface area contributed by atoms with Crippen molar-refractivity contribution in [2.45, 2.75) is 46.1 Å². The maximum atomic E-state index is 12.4. The third kappa shape index (κ3) is 4.28. The number of benzene rings is 1. The highest BCUT2D eigenvalue weighted by molar-refractivity contribution is 7.14. The number of aryl methyl sites for hydroxylation is 2. The topological polar surface area (TPSA) is 55.4 Å². The molecule has 1 N–H and O–H groups in total. The first-order chi connectivity index (χ1) is 11.9. The lowest BCUT2D eigenvalue weighted by molar-refractivity contribution is -0.123. The molecule has 4 nitrogen and oxygen atoms in total. The van der Waals surface area contributed by atoms with Crippen molar-refractivity contribution in [1.82, 2.24) is 0 Å². The van der Waals surface area contributed by atoms with Crippen molar-refractivity contribution >= 4 is 28.9 Å². The normalized spacial score (nSPS) is 17.5. The molecule has 1 amide bonds. The highest BCUT2D eigenvalue weighted by atomic mass is 32.1. The fourth-order valence-corrected chi connectivity index (χ4v) is 4.05. The minimum absolute atomic E-state index is 0.327. The SMILES string of the molecule is Cc1ccc(NC(=O)[C@H](C)OC(=O)c2cc3c(s2)CC[C@@H](C)C3)cc1. The Labute approximate surface area is 152 Å². The summed E-state index contributed by atoms with van der Waals surface area (Å²) in [5.74, 6) is -0.0871. The van der Waals surface area contributed by atoms with Gasteiger partial charge in [0.05, 0.1) is 0 Å². The number of thiophene rings is 1. The Morgan fingerprint density at radius 3 is 2.72 bits per heavy atom. The van der Waals surface area contributed by atoms with Crippen molar-refractivity contribution in [1.29, 1.82) is 0 Å². The molecule has 0 radical (unpaired) electrons. The molecular weight excluding hydrogens is 334 g/mol. The first-order valence-corrected chi connectivity index (χ1v) is 9.44. The Morgan fingerprint density at radius 1 is 1.28 bits per heavy atom. The van der Waals surface area contributed by atoms with Gasteiger partial charge < -0.3 is 10.1 Å². The van der Waals surface area contributed by atoms with Crippen molar-refractivity contribution in [3.63, 3.8) is 0 Å². The van der Waals surface area contributed by atoms with Gasteiger partial charge in [-0.3, -0.25) is 4.79 Å². The van der Waals surface area contributed by atoms with Crippen molar-refractivity contribution < 1.29 is 14.3 Å².